The lowest BCUT2D eigenvalue weighted by molar-refractivity contribution is 0.584. The monoisotopic (exact) mass is 424 g/mol. The van der Waals surface area contributed by atoms with Crippen LogP contribution in [0.1, 0.15) is 0 Å². The fourth-order valence-corrected chi connectivity index (χ4v) is 3.73. The van der Waals surface area contributed by atoms with Crippen molar-refractivity contribution in [2.75, 3.05) is 36.4 Å². The van der Waals surface area contributed by atoms with Crippen molar-refractivity contribution in [2.45, 2.75) is 0 Å². The fourth-order valence-electron chi connectivity index (χ4n) is 3.47. The van der Waals surface area contributed by atoms with Gasteiger partial charge in [0.2, 0.25) is 0 Å². The summed E-state index contributed by atoms with van der Waals surface area (Å²) in [5.41, 5.74) is 1.50. The molecule has 1 aliphatic rings. The maximum absolute atomic E-state index is 14.3. The summed E-state index contributed by atoms with van der Waals surface area (Å²) >= 11 is 6.20. The standard InChI is InChI=1S/C20H18ClFN8/c21-12-2-1-3-13(22)17(12)19-27-14-4-5-24-20(18(14)29-19)28-15-10-16(26-11-25-15)30-8-6-23-7-9-30/h1-5,10-11,23H,6-9H2,(H,27,29)(H,24,25,26,28). The first-order valence-corrected chi connectivity index (χ1v) is 9.91. The summed E-state index contributed by atoms with van der Waals surface area (Å²) in [6.07, 6.45) is 3.17. The Kier molecular flexibility index (Phi) is 4.89. The van der Waals surface area contributed by atoms with Crippen LogP contribution in [0.2, 0.25) is 5.02 Å². The molecule has 152 valence electrons. The number of rotatable bonds is 4. The number of aromatic nitrogens is 5. The molecule has 1 saturated heterocycles. The van der Waals surface area contributed by atoms with Crippen LogP contribution in [0.3, 0.4) is 0 Å². The average Bonchev–Trinajstić information content (AvgIpc) is 3.19. The van der Waals surface area contributed by atoms with Crippen molar-refractivity contribution in [3.05, 3.63) is 53.7 Å². The van der Waals surface area contributed by atoms with Crippen LogP contribution < -0.4 is 15.5 Å². The molecular formula is C20H18ClFN8. The Morgan fingerprint density at radius 3 is 2.80 bits per heavy atom. The lowest BCUT2D eigenvalue weighted by Crippen LogP contribution is -2.43. The van der Waals surface area contributed by atoms with E-state index in [1.165, 1.54) is 12.4 Å². The summed E-state index contributed by atoms with van der Waals surface area (Å²) in [7, 11) is 0. The summed E-state index contributed by atoms with van der Waals surface area (Å²) in [5.74, 6) is 1.86. The molecule has 4 heterocycles. The molecule has 0 atom stereocenters. The number of H-pyrrole nitrogens is 1. The lowest BCUT2D eigenvalue weighted by Gasteiger charge is -2.28. The van der Waals surface area contributed by atoms with Crippen molar-refractivity contribution >= 4 is 40.1 Å². The van der Waals surface area contributed by atoms with Gasteiger partial charge < -0.3 is 20.5 Å². The molecule has 0 amide bonds. The second-order valence-electron chi connectivity index (χ2n) is 6.86. The molecule has 3 N–H and O–H groups in total. The summed E-state index contributed by atoms with van der Waals surface area (Å²) in [4.78, 5) is 22.9. The number of fused-ring (bicyclic) bond motifs is 1. The molecule has 0 spiro atoms. The number of piperazine rings is 1. The molecule has 1 aliphatic heterocycles. The molecule has 0 unspecified atom stereocenters. The number of hydrogen-bond acceptors (Lipinski definition) is 7. The van der Waals surface area contributed by atoms with E-state index in [-0.39, 0.29) is 10.6 Å². The third-order valence-electron chi connectivity index (χ3n) is 4.94. The van der Waals surface area contributed by atoms with Crippen molar-refractivity contribution in [3.8, 4) is 11.4 Å². The second-order valence-corrected chi connectivity index (χ2v) is 7.27. The SMILES string of the molecule is Fc1cccc(Cl)c1-c1nc2c(Nc3cc(N4CCNCC4)ncn3)nccc2[nH]1. The highest BCUT2D eigenvalue weighted by Crippen LogP contribution is 2.32. The zero-order valence-corrected chi connectivity index (χ0v) is 16.6. The topological polar surface area (TPSA) is 94.7 Å². The van der Waals surface area contributed by atoms with E-state index < -0.39 is 5.82 Å². The highest BCUT2D eigenvalue weighted by Gasteiger charge is 2.17. The molecule has 0 aliphatic carbocycles. The van der Waals surface area contributed by atoms with Gasteiger partial charge in [0.15, 0.2) is 5.82 Å². The van der Waals surface area contributed by atoms with Gasteiger partial charge in [-0.1, -0.05) is 17.7 Å². The van der Waals surface area contributed by atoms with Crippen LogP contribution in [0.25, 0.3) is 22.4 Å². The Morgan fingerprint density at radius 1 is 1.10 bits per heavy atom. The van der Waals surface area contributed by atoms with Crippen molar-refractivity contribution < 1.29 is 4.39 Å². The summed E-state index contributed by atoms with van der Waals surface area (Å²) < 4.78 is 14.3. The number of anilines is 3. The minimum absolute atomic E-state index is 0.226. The first-order chi connectivity index (χ1) is 14.7. The minimum atomic E-state index is -0.444. The van der Waals surface area contributed by atoms with Gasteiger partial charge >= 0.3 is 0 Å². The van der Waals surface area contributed by atoms with Crippen molar-refractivity contribution in [1.29, 1.82) is 0 Å². The van der Waals surface area contributed by atoms with Gasteiger partial charge in [-0.15, -0.1) is 0 Å². The maximum atomic E-state index is 14.3. The third-order valence-corrected chi connectivity index (χ3v) is 5.26. The predicted octanol–water partition coefficient (Wildman–Crippen LogP) is 3.36. The van der Waals surface area contributed by atoms with Crippen LogP contribution in [0, 0.1) is 5.82 Å². The molecule has 1 aromatic carbocycles. The van der Waals surface area contributed by atoms with Gasteiger partial charge in [0, 0.05) is 38.4 Å². The second kappa shape index (κ2) is 7.85. The van der Waals surface area contributed by atoms with Crippen LogP contribution in [-0.2, 0) is 0 Å². The van der Waals surface area contributed by atoms with Crippen molar-refractivity contribution in [1.82, 2.24) is 30.2 Å². The van der Waals surface area contributed by atoms with Gasteiger partial charge in [0.05, 0.1) is 16.1 Å². The number of pyridine rings is 1. The molecule has 8 nitrogen and oxygen atoms in total. The molecule has 0 saturated carbocycles. The number of nitrogens with zero attached hydrogens (tertiary/aromatic N) is 5. The molecule has 4 aromatic rings. The van der Waals surface area contributed by atoms with Gasteiger partial charge in [0.25, 0.3) is 0 Å². The smallest absolute Gasteiger partial charge is 0.159 e. The lowest BCUT2D eigenvalue weighted by atomic mass is 10.2. The van der Waals surface area contributed by atoms with E-state index >= 15 is 0 Å². The van der Waals surface area contributed by atoms with Gasteiger partial charge in [-0.25, -0.2) is 24.3 Å². The van der Waals surface area contributed by atoms with Crippen LogP contribution >= 0.6 is 11.6 Å². The molecule has 0 bridgehead atoms. The van der Waals surface area contributed by atoms with Gasteiger partial charge in [0.1, 0.15) is 35.1 Å². The van der Waals surface area contributed by atoms with E-state index in [4.69, 9.17) is 11.6 Å². The first-order valence-electron chi connectivity index (χ1n) is 9.53. The molecule has 30 heavy (non-hydrogen) atoms. The quantitative estimate of drug-likeness (QED) is 0.462. The molecule has 0 radical (unpaired) electrons. The van der Waals surface area contributed by atoms with Crippen LogP contribution in [0.5, 0.6) is 0 Å². The Labute approximate surface area is 176 Å². The highest BCUT2D eigenvalue weighted by atomic mass is 35.5. The average molecular weight is 425 g/mol. The van der Waals surface area contributed by atoms with E-state index in [1.807, 2.05) is 6.07 Å². The van der Waals surface area contributed by atoms with Gasteiger partial charge in [-0.05, 0) is 18.2 Å². The Bertz CT molecular complexity index is 1180. The number of nitrogens with one attached hydrogen (secondary N) is 3. The molecule has 10 heteroatoms. The fraction of sp³-hybridized carbons (Fsp3) is 0.200. The third kappa shape index (κ3) is 3.53. The summed E-state index contributed by atoms with van der Waals surface area (Å²) in [6, 6.07) is 8.20. The van der Waals surface area contributed by atoms with Crippen LogP contribution in [-0.4, -0.2) is 51.1 Å². The number of halogens is 2. The van der Waals surface area contributed by atoms with Crippen molar-refractivity contribution in [2.24, 2.45) is 0 Å². The number of hydrogen-bond donors (Lipinski definition) is 3. The molecule has 3 aromatic heterocycles. The molecule has 1 fully saturated rings. The highest BCUT2D eigenvalue weighted by molar-refractivity contribution is 6.33. The predicted molar refractivity (Wildman–Crippen MR) is 115 cm³/mol. The van der Waals surface area contributed by atoms with E-state index in [1.54, 1.807) is 24.4 Å². The van der Waals surface area contributed by atoms with E-state index in [0.717, 1.165) is 32.0 Å². The maximum Gasteiger partial charge on any atom is 0.159 e. The largest absolute Gasteiger partial charge is 0.354 e. The number of benzene rings is 1. The Balaban J connectivity index is 1.49. The van der Waals surface area contributed by atoms with Crippen molar-refractivity contribution in [3.63, 3.8) is 0 Å². The first kappa shape index (κ1) is 18.7. The zero-order valence-electron chi connectivity index (χ0n) is 15.9. The molecule has 5 rings (SSSR count). The van der Waals surface area contributed by atoms with Gasteiger partial charge in [-0.3, -0.25) is 0 Å². The minimum Gasteiger partial charge on any atom is -0.354 e. The summed E-state index contributed by atoms with van der Waals surface area (Å²) in [5, 5.41) is 6.82. The Hall–Kier alpha value is -3.30. The van der Waals surface area contributed by atoms with E-state index in [0.29, 0.717) is 28.5 Å². The summed E-state index contributed by atoms with van der Waals surface area (Å²) in [6.45, 7) is 3.61. The number of imidazole rings is 1. The van der Waals surface area contributed by atoms with Gasteiger partial charge in [-0.2, -0.15) is 0 Å². The van der Waals surface area contributed by atoms with E-state index in [9.17, 15) is 4.39 Å². The Morgan fingerprint density at radius 2 is 1.97 bits per heavy atom. The zero-order chi connectivity index (χ0) is 20.5. The van der Waals surface area contributed by atoms with Crippen LogP contribution in [0.4, 0.5) is 21.8 Å². The van der Waals surface area contributed by atoms with E-state index in [2.05, 4.69) is 40.5 Å². The molecular weight excluding hydrogens is 407 g/mol. The van der Waals surface area contributed by atoms with Crippen LogP contribution in [0.15, 0.2) is 42.9 Å². The number of aromatic amines is 1. The normalized spacial score (nSPS) is 14.3.